The fourth-order valence-corrected chi connectivity index (χ4v) is 2.57. The number of nitrogens with one attached hydrogen (secondary N) is 1. The number of carboxylic acid groups (broad SMARTS) is 1. The Morgan fingerprint density at radius 3 is 2.67 bits per heavy atom. The second-order valence-corrected chi connectivity index (χ2v) is 5.46. The summed E-state index contributed by atoms with van der Waals surface area (Å²) in [6.07, 6.45) is 0. The molecule has 1 heterocycles. The van der Waals surface area contributed by atoms with Gasteiger partial charge in [0.25, 0.3) is 0 Å². The molecule has 1 aromatic carbocycles. The third kappa shape index (κ3) is 3.26. The highest BCUT2D eigenvalue weighted by Crippen LogP contribution is 2.27. The molecule has 6 nitrogen and oxygen atoms in total. The first kappa shape index (κ1) is 15.2. The quantitative estimate of drug-likeness (QED) is 0.895. The number of hydrogen-bond donors (Lipinski definition) is 2. The number of nitrogens with zero attached hydrogens (tertiary/aromatic N) is 1. The van der Waals surface area contributed by atoms with Gasteiger partial charge in [-0.2, -0.15) is 0 Å². The number of aliphatic carboxylic acids is 1. The molecular weight excluding hydrogens is 272 g/mol. The van der Waals surface area contributed by atoms with Crippen LogP contribution >= 0.6 is 0 Å². The number of likely N-dealkylation sites (tertiary alicyclic amines) is 1. The van der Waals surface area contributed by atoms with Crippen molar-refractivity contribution in [3.05, 3.63) is 23.8 Å². The van der Waals surface area contributed by atoms with Crippen molar-refractivity contribution in [3.8, 4) is 5.75 Å². The first-order chi connectivity index (χ1) is 9.92. The second kappa shape index (κ2) is 6.03. The van der Waals surface area contributed by atoms with Crippen LogP contribution < -0.4 is 10.1 Å². The van der Waals surface area contributed by atoms with Gasteiger partial charge in [-0.15, -0.1) is 0 Å². The van der Waals surface area contributed by atoms with Gasteiger partial charge in [0.1, 0.15) is 5.75 Å². The van der Waals surface area contributed by atoms with Crippen molar-refractivity contribution in [2.45, 2.75) is 13.8 Å². The molecule has 1 aliphatic heterocycles. The molecule has 2 amide bonds. The molecule has 2 N–H and O–H groups in total. The van der Waals surface area contributed by atoms with E-state index < -0.39 is 11.9 Å². The van der Waals surface area contributed by atoms with Crippen LogP contribution in [0.5, 0.6) is 5.75 Å². The van der Waals surface area contributed by atoms with E-state index in [-0.39, 0.29) is 18.5 Å². The van der Waals surface area contributed by atoms with Crippen molar-refractivity contribution >= 4 is 17.7 Å². The number of anilines is 1. The summed E-state index contributed by atoms with van der Waals surface area (Å²) in [5.41, 5.74) is 1.60. The SMILES string of the molecule is COc1ccc(C)cc1NC(=O)N1C[C@@H](C)[C@H](C(=O)O)C1. The maximum Gasteiger partial charge on any atom is 0.321 e. The number of carboxylic acids is 1. The van der Waals surface area contributed by atoms with Gasteiger partial charge in [-0.05, 0) is 30.5 Å². The molecule has 1 fully saturated rings. The minimum atomic E-state index is -0.856. The van der Waals surface area contributed by atoms with E-state index in [2.05, 4.69) is 5.32 Å². The number of aryl methyl sites for hydroxylation is 1. The fourth-order valence-electron chi connectivity index (χ4n) is 2.57. The summed E-state index contributed by atoms with van der Waals surface area (Å²) in [4.78, 5) is 24.9. The van der Waals surface area contributed by atoms with E-state index >= 15 is 0 Å². The molecule has 0 bridgehead atoms. The minimum absolute atomic E-state index is 0.0485. The molecule has 0 aromatic heterocycles. The van der Waals surface area contributed by atoms with Crippen molar-refractivity contribution in [3.63, 3.8) is 0 Å². The summed E-state index contributed by atoms with van der Waals surface area (Å²) in [5.74, 6) is -0.829. The molecule has 21 heavy (non-hydrogen) atoms. The molecule has 1 aromatic rings. The molecule has 2 atom stereocenters. The zero-order valence-electron chi connectivity index (χ0n) is 12.4. The van der Waals surface area contributed by atoms with E-state index in [1.165, 1.54) is 4.90 Å². The van der Waals surface area contributed by atoms with Gasteiger partial charge < -0.3 is 20.1 Å². The van der Waals surface area contributed by atoms with Crippen molar-refractivity contribution < 1.29 is 19.4 Å². The highest BCUT2D eigenvalue weighted by atomic mass is 16.5. The van der Waals surface area contributed by atoms with Gasteiger partial charge in [0.05, 0.1) is 18.7 Å². The minimum Gasteiger partial charge on any atom is -0.495 e. The van der Waals surface area contributed by atoms with Gasteiger partial charge in [0.2, 0.25) is 0 Å². The van der Waals surface area contributed by atoms with Gasteiger partial charge in [-0.25, -0.2) is 4.79 Å². The third-order valence-electron chi connectivity index (χ3n) is 3.81. The van der Waals surface area contributed by atoms with Crippen LogP contribution in [0.3, 0.4) is 0 Å². The van der Waals surface area contributed by atoms with Crippen LogP contribution in [-0.4, -0.2) is 42.2 Å². The molecule has 1 aliphatic rings. The van der Waals surface area contributed by atoms with E-state index in [0.29, 0.717) is 18.0 Å². The molecule has 114 valence electrons. The lowest BCUT2D eigenvalue weighted by atomic mass is 9.99. The third-order valence-corrected chi connectivity index (χ3v) is 3.81. The number of hydrogen-bond acceptors (Lipinski definition) is 3. The van der Waals surface area contributed by atoms with Crippen LogP contribution in [0.2, 0.25) is 0 Å². The standard InChI is InChI=1S/C15H20N2O4/c1-9-4-5-13(21-3)12(6-9)16-15(20)17-7-10(2)11(8-17)14(18)19/h4-6,10-11H,7-8H2,1-3H3,(H,16,20)(H,18,19)/t10-,11-/m1/s1. The van der Waals surface area contributed by atoms with Crippen LogP contribution in [0.25, 0.3) is 0 Å². The Kier molecular flexibility index (Phi) is 4.35. The Balaban J connectivity index is 2.09. The summed E-state index contributed by atoms with van der Waals surface area (Å²) in [5, 5.41) is 11.9. The first-order valence-corrected chi connectivity index (χ1v) is 6.85. The van der Waals surface area contributed by atoms with Crippen molar-refractivity contribution in [2.75, 3.05) is 25.5 Å². The molecule has 0 radical (unpaired) electrons. The Labute approximate surface area is 123 Å². The Hall–Kier alpha value is -2.24. The van der Waals surface area contributed by atoms with Crippen molar-refractivity contribution in [1.82, 2.24) is 4.90 Å². The number of amides is 2. The monoisotopic (exact) mass is 292 g/mol. The van der Waals surface area contributed by atoms with Gasteiger partial charge in [0, 0.05) is 13.1 Å². The lowest BCUT2D eigenvalue weighted by Gasteiger charge is -2.18. The Morgan fingerprint density at radius 2 is 2.10 bits per heavy atom. The van der Waals surface area contributed by atoms with Gasteiger partial charge in [0.15, 0.2) is 0 Å². The van der Waals surface area contributed by atoms with E-state index in [1.54, 1.807) is 13.2 Å². The molecule has 0 unspecified atom stereocenters. The number of ether oxygens (including phenoxy) is 1. The number of carbonyl (C=O) groups is 2. The Morgan fingerprint density at radius 1 is 1.38 bits per heavy atom. The topological polar surface area (TPSA) is 78.9 Å². The predicted molar refractivity (Wildman–Crippen MR) is 78.6 cm³/mol. The lowest BCUT2D eigenvalue weighted by molar-refractivity contribution is -0.142. The van der Waals surface area contributed by atoms with E-state index in [1.807, 2.05) is 26.0 Å². The summed E-state index contributed by atoms with van der Waals surface area (Å²) in [7, 11) is 1.54. The van der Waals surface area contributed by atoms with Crippen LogP contribution in [0.15, 0.2) is 18.2 Å². The summed E-state index contributed by atoms with van der Waals surface area (Å²) in [6, 6.07) is 5.21. The molecule has 0 saturated carbocycles. The van der Waals surface area contributed by atoms with Crippen LogP contribution in [0.1, 0.15) is 12.5 Å². The average molecular weight is 292 g/mol. The first-order valence-electron chi connectivity index (χ1n) is 6.85. The summed E-state index contributed by atoms with van der Waals surface area (Å²) < 4.78 is 5.22. The smallest absolute Gasteiger partial charge is 0.321 e. The zero-order chi connectivity index (χ0) is 15.6. The largest absolute Gasteiger partial charge is 0.495 e. The normalized spacial score (nSPS) is 21.2. The molecule has 1 saturated heterocycles. The molecule has 6 heteroatoms. The van der Waals surface area contributed by atoms with Gasteiger partial charge >= 0.3 is 12.0 Å². The van der Waals surface area contributed by atoms with Crippen molar-refractivity contribution in [1.29, 1.82) is 0 Å². The van der Waals surface area contributed by atoms with E-state index in [9.17, 15) is 9.59 Å². The maximum absolute atomic E-state index is 12.3. The van der Waals surface area contributed by atoms with Crippen LogP contribution in [0, 0.1) is 18.8 Å². The number of methoxy groups -OCH3 is 1. The maximum atomic E-state index is 12.3. The van der Waals surface area contributed by atoms with Gasteiger partial charge in [-0.3, -0.25) is 4.79 Å². The molecule has 2 rings (SSSR count). The molecule has 0 aliphatic carbocycles. The molecule has 0 spiro atoms. The fraction of sp³-hybridized carbons (Fsp3) is 0.467. The zero-order valence-corrected chi connectivity index (χ0v) is 12.4. The lowest BCUT2D eigenvalue weighted by Crippen LogP contribution is -2.34. The van der Waals surface area contributed by atoms with Crippen molar-refractivity contribution in [2.24, 2.45) is 11.8 Å². The van der Waals surface area contributed by atoms with Crippen LogP contribution in [-0.2, 0) is 4.79 Å². The van der Waals surface area contributed by atoms with Gasteiger partial charge in [-0.1, -0.05) is 13.0 Å². The highest BCUT2D eigenvalue weighted by molar-refractivity contribution is 5.91. The Bertz CT molecular complexity index is 559. The van der Waals surface area contributed by atoms with E-state index in [0.717, 1.165) is 5.56 Å². The number of urea groups is 1. The van der Waals surface area contributed by atoms with E-state index in [4.69, 9.17) is 9.84 Å². The van der Waals surface area contributed by atoms with Crippen LogP contribution in [0.4, 0.5) is 10.5 Å². The average Bonchev–Trinajstić information content (AvgIpc) is 2.81. The second-order valence-electron chi connectivity index (χ2n) is 5.46. The highest BCUT2D eigenvalue weighted by Gasteiger charge is 2.37. The number of benzene rings is 1. The molecular formula is C15H20N2O4. The predicted octanol–water partition coefficient (Wildman–Crippen LogP) is 2.19. The summed E-state index contributed by atoms with van der Waals surface area (Å²) >= 11 is 0. The number of rotatable bonds is 3. The number of carbonyl (C=O) groups excluding carboxylic acids is 1. The summed E-state index contributed by atoms with van der Waals surface area (Å²) in [6.45, 7) is 4.44.